The predicted molar refractivity (Wildman–Crippen MR) is 116 cm³/mol. The number of ether oxygens (including phenoxy) is 2. The fourth-order valence-electron chi connectivity index (χ4n) is 3.22. The second-order valence-electron chi connectivity index (χ2n) is 7.33. The number of halogens is 2. The van der Waals surface area contributed by atoms with Crippen LogP contribution in [0.25, 0.3) is 0 Å². The van der Waals surface area contributed by atoms with Crippen molar-refractivity contribution >= 4 is 40.9 Å². The molecule has 28 heavy (non-hydrogen) atoms. The quantitative estimate of drug-likeness (QED) is 0.630. The number of carbonyl (C=O) groups excluding carboxylic acids is 1. The van der Waals surface area contributed by atoms with Gasteiger partial charge < -0.3 is 14.8 Å². The molecule has 0 spiro atoms. The Morgan fingerprint density at radius 2 is 2.04 bits per heavy atom. The first kappa shape index (κ1) is 21.2. The second-order valence-corrected chi connectivity index (χ2v) is 9.13. The fourth-order valence-corrected chi connectivity index (χ4v) is 4.32. The molecule has 0 bridgehead atoms. The number of fused-ring (bicyclic) bond motifs is 1. The van der Waals surface area contributed by atoms with Crippen LogP contribution in [0.4, 0.5) is 0 Å². The van der Waals surface area contributed by atoms with E-state index in [-0.39, 0.29) is 17.6 Å². The molecule has 0 saturated carbocycles. The zero-order chi connectivity index (χ0) is 20.3. The van der Waals surface area contributed by atoms with Crippen molar-refractivity contribution in [3.05, 3.63) is 57.6 Å². The number of methoxy groups -OCH3 is 1. The summed E-state index contributed by atoms with van der Waals surface area (Å²) in [5.41, 5.74) is 1.63. The third-order valence-corrected chi connectivity index (χ3v) is 6.24. The summed E-state index contributed by atoms with van der Waals surface area (Å²) in [6, 6.07) is 11.1. The molecule has 1 N–H and O–H groups in total. The molecule has 1 amide bonds. The van der Waals surface area contributed by atoms with Crippen LogP contribution in [0, 0.1) is 0 Å². The van der Waals surface area contributed by atoms with E-state index in [1.54, 1.807) is 13.2 Å². The summed E-state index contributed by atoms with van der Waals surface area (Å²) in [4.78, 5) is 12.5. The Labute approximate surface area is 179 Å². The molecule has 0 saturated heterocycles. The first-order valence-corrected chi connectivity index (χ1v) is 10.9. The molecule has 4 nitrogen and oxygen atoms in total. The van der Waals surface area contributed by atoms with Crippen LogP contribution in [0.5, 0.6) is 11.5 Å². The van der Waals surface area contributed by atoms with Crippen LogP contribution < -0.4 is 14.8 Å². The number of benzene rings is 2. The maximum Gasteiger partial charge on any atom is 0.230 e. The lowest BCUT2D eigenvalue weighted by molar-refractivity contribution is -0.119. The molecule has 0 aliphatic carbocycles. The summed E-state index contributed by atoms with van der Waals surface area (Å²) in [6.45, 7) is 4.05. The van der Waals surface area contributed by atoms with Crippen LogP contribution in [-0.4, -0.2) is 24.4 Å². The van der Waals surface area contributed by atoms with Crippen LogP contribution in [0.3, 0.4) is 0 Å². The summed E-state index contributed by atoms with van der Waals surface area (Å²) < 4.78 is 11.4. The fraction of sp³-hybridized carbons (Fsp3) is 0.381. The Balaban J connectivity index is 1.62. The van der Waals surface area contributed by atoms with E-state index in [9.17, 15) is 4.79 Å². The van der Waals surface area contributed by atoms with Gasteiger partial charge in [0.25, 0.3) is 0 Å². The minimum absolute atomic E-state index is 0.0125. The Hall–Kier alpha value is -1.56. The Morgan fingerprint density at radius 3 is 2.75 bits per heavy atom. The van der Waals surface area contributed by atoms with Gasteiger partial charge in [-0.15, -0.1) is 11.8 Å². The van der Waals surface area contributed by atoms with Crippen molar-refractivity contribution < 1.29 is 14.3 Å². The van der Waals surface area contributed by atoms with Gasteiger partial charge in [0.05, 0.1) is 28.9 Å². The van der Waals surface area contributed by atoms with Gasteiger partial charge in [0.15, 0.2) is 0 Å². The van der Waals surface area contributed by atoms with E-state index in [0.717, 1.165) is 22.6 Å². The Bertz CT molecular complexity index is 873. The van der Waals surface area contributed by atoms with Crippen molar-refractivity contribution in [2.24, 2.45) is 0 Å². The highest BCUT2D eigenvalue weighted by atomic mass is 35.5. The van der Waals surface area contributed by atoms with Gasteiger partial charge in [-0.2, -0.15) is 0 Å². The van der Waals surface area contributed by atoms with E-state index in [1.807, 2.05) is 44.2 Å². The smallest absolute Gasteiger partial charge is 0.230 e. The summed E-state index contributed by atoms with van der Waals surface area (Å²) in [5.74, 6) is 2.56. The molecule has 2 aromatic rings. The van der Waals surface area contributed by atoms with Gasteiger partial charge >= 0.3 is 0 Å². The Morgan fingerprint density at radius 1 is 1.25 bits per heavy atom. The number of rotatable bonds is 6. The average Bonchev–Trinajstić information content (AvgIpc) is 2.63. The summed E-state index contributed by atoms with van der Waals surface area (Å²) >= 11 is 13.5. The van der Waals surface area contributed by atoms with Crippen molar-refractivity contribution in [2.75, 3.05) is 12.9 Å². The summed E-state index contributed by atoms with van der Waals surface area (Å²) in [5, 5.41) is 4.21. The number of nitrogens with one attached hydrogen (secondary N) is 1. The van der Waals surface area contributed by atoms with Gasteiger partial charge in [-0.05, 0) is 49.7 Å². The van der Waals surface area contributed by atoms with Gasteiger partial charge in [-0.3, -0.25) is 4.79 Å². The maximum atomic E-state index is 12.5. The van der Waals surface area contributed by atoms with Crippen molar-refractivity contribution in [3.63, 3.8) is 0 Å². The van der Waals surface area contributed by atoms with Crippen molar-refractivity contribution in [1.82, 2.24) is 5.32 Å². The Kier molecular flexibility index (Phi) is 6.69. The van der Waals surface area contributed by atoms with Crippen LogP contribution >= 0.6 is 35.0 Å². The van der Waals surface area contributed by atoms with Gasteiger partial charge in [0.2, 0.25) is 5.91 Å². The first-order valence-electron chi connectivity index (χ1n) is 8.95. The molecule has 2 aromatic carbocycles. The summed E-state index contributed by atoms with van der Waals surface area (Å²) in [7, 11) is 1.63. The van der Waals surface area contributed by atoms with Crippen molar-refractivity contribution in [1.29, 1.82) is 0 Å². The van der Waals surface area contributed by atoms with Crippen LogP contribution in [-0.2, 0) is 10.5 Å². The molecule has 0 aromatic heterocycles. The van der Waals surface area contributed by atoms with Gasteiger partial charge in [0, 0.05) is 17.7 Å². The third kappa shape index (κ3) is 5.28. The maximum absolute atomic E-state index is 12.5. The highest BCUT2D eigenvalue weighted by Gasteiger charge is 2.34. The minimum Gasteiger partial charge on any atom is -0.497 e. The lowest BCUT2D eigenvalue weighted by Gasteiger charge is -2.38. The number of hydrogen-bond acceptors (Lipinski definition) is 4. The van der Waals surface area contributed by atoms with E-state index in [0.29, 0.717) is 28.0 Å². The topological polar surface area (TPSA) is 47.6 Å². The standard InChI is InChI=1S/C21H23Cl2NO3S/c1-21(2)10-18(15-9-14(26-3)5-7-19(15)27-21)24-20(25)12-28-11-13-4-6-16(22)17(23)8-13/h4-9,18H,10-12H2,1-3H3,(H,24,25). The van der Waals surface area contributed by atoms with E-state index >= 15 is 0 Å². The van der Waals surface area contributed by atoms with Crippen molar-refractivity contribution in [2.45, 2.75) is 37.7 Å². The molecule has 1 aliphatic rings. The van der Waals surface area contributed by atoms with Crippen LogP contribution in [0.2, 0.25) is 10.0 Å². The van der Waals surface area contributed by atoms with E-state index in [2.05, 4.69) is 5.32 Å². The lowest BCUT2D eigenvalue weighted by atomic mass is 9.89. The molecule has 1 unspecified atom stereocenters. The number of hydrogen-bond donors (Lipinski definition) is 1. The molecule has 0 fully saturated rings. The predicted octanol–water partition coefficient (Wildman–Crippen LogP) is 5.65. The van der Waals surface area contributed by atoms with Gasteiger partial charge in [-0.1, -0.05) is 29.3 Å². The number of carbonyl (C=O) groups is 1. The van der Waals surface area contributed by atoms with Gasteiger partial charge in [0.1, 0.15) is 17.1 Å². The molecular weight excluding hydrogens is 417 g/mol. The number of thioether (sulfide) groups is 1. The highest BCUT2D eigenvalue weighted by molar-refractivity contribution is 7.99. The minimum atomic E-state index is -0.354. The van der Waals surface area contributed by atoms with Gasteiger partial charge in [-0.25, -0.2) is 0 Å². The third-order valence-electron chi connectivity index (χ3n) is 4.50. The molecule has 1 atom stereocenters. The SMILES string of the molecule is COc1ccc2c(c1)C(NC(=O)CSCc1ccc(Cl)c(Cl)c1)CC(C)(C)O2. The zero-order valence-electron chi connectivity index (χ0n) is 16.1. The molecule has 1 aliphatic heterocycles. The highest BCUT2D eigenvalue weighted by Crippen LogP contribution is 2.41. The monoisotopic (exact) mass is 439 g/mol. The van der Waals surface area contributed by atoms with Crippen molar-refractivity contribution in [3.8, 4) is 11.5 Å². The molecule has 1 heterocycles. The second kappa shape index (κ2) is 8.85. The van der Waals surface area contributed by atoms with E-state index < -0.39 is 0 Å². The normalized spacial score (nSPS) is 17.4. The first-order chi connectivity index (χ1) is 13.3. The average molecular weight is 440 g/mol. The largest absolute Gasteiger partial charge is 0.497 e. The summed E-state index contributed by atoms with van der Waals surface area (Å²) in [6.07, 6.45) is 0.691. The zero-order valence-corrected chi connectivity index (χ0v) is 18.4. The van der Waals surface area contributed by atoms with E-state index in [1.165, 1.54) is 11.8 Å². The number of amides is 1. The molecule has 7 heteroatoms. The molecule has 0 radical (unpaired) electrons. The van der Waals surface area contributed by atoms with Crippen LogP contribution in [0.1, 0.15) is 37.4 Å². The van der Waals surface area contributed by atoms with Crippen LogP contribution in [0.15, 0.2) is 36.4 Å². The van der Waals surface area contributed by atoms with E-state index in [4.69, 9.17) is 32.7 Å². The molecule has 150 valence electrons. The lowest BCUT2D eigenvalue weighted by Crippen LogP contribution is -2.41. The molecular formula is C21H23Cl2NO3S. The molecule has 3 rings (SSSR count).